The van der Waals surface area contributed by atoms with Gasteiger partial charge in [0.15, 0.2) is 0 Å². The van der Waals surface area contributed by atoms with E-state index in [9.17, 15) is 0 Å². The molecule has 0 bridgehead atoms. The maximum atomic E-state index is 4.62. The zero-order valence-electron chi connectivity index (χ0n) is 22.4. The van der Waals surface area contributed by atoms with Crippen LogP contribution in [0.25, 0.3) is 11.1 Å². The summed E-state index contributed by atoms with van der Waals surface area (Å²) in [5, 5.41) is 3.61. The Hall–Kier alpha value is -5.62. The monoisotopic (exact) mass is 530 g/mol. The number of benzene rings is 4. The Morgan fingerprint density at radius 3 is 1.32 bits per heavy atom. The molecule has 1 N–H and O–H groups in total. The Balaban J connectivity index is 1.37. The van der Waals surface area contributed by atoms with Gasteiger partial charge in [0.05, 0.1) is 56.9 Å². The van der Waals surface area contributed by atoms with Gasteiger partial charge in [-0.15, -0.1) is 0 Å². The molecule has 4 heterocycles. The number of hydrogen-bond acceptors (Lipinski definition) is 6. The van der Waals surface area contributed by atoms with Crippen molar-refractivity contribution in [2.45, 2.75) is 0 Å². The number of nitrogens with one attached hydrogen (secondary N) is 1. The highest BCUT2D eigenvalue weighted by Crippen LogP contribution is 2.54. The van der Waals surface area contributed by atoms with E-state index in [-0.39, 0.29) is 0 Å². The first kappa shape index (κ1) is 23.3. The molecule has 6 nitrogen and oxygen atoms in total. The molecule has 8 rings (SSSR count). The molecule has 6 heteroatoms. The van der Waals surface area contributed by atoms with E-state index < -0.39 is 0 Å². The Bertz CT molecular complexity index is 1840. The quantitative estimate of drug-likeness (QED) is 0.246. The maximum absolute atomic E-state index is 4.62. The van der Waals surface area contributed by atoms with Crippen molar-refractivity contribution in [1.29, 1.82) is 0 Å². The van der Waals surface area contributed by atoms with Gasteiger partial charge in [0, 0.05) is 43.0 Å². The number of pyridine rings is 2. The van der Waals surface area contributed by atoms with Crippen molar-refractivity contribution < 1.29 is 0 Å². The van der Waals surface area contributed by atoms with Gasteiger partial charge in [-0.25, -0.2) is 0 Å². The molecule has 41 heavy (non-hydrogen) atoms. The molecule has 0 atom stereocenters. The van der Waals surface area contributed by atoms with Gasteiger partial charge in [0.25, 0.3) is 0 Å². The van der Waals surface area contributed by atoms with Crippen molar-refractivity contribution >= 4 is 56.9 Å². The average Bonchev–Trinajstić information content (AvgIpc) is 3.04. The summed E-state index contributed by atoms with van der Waals surface area (Å²) in [5.74, 6) is 0. The van der Waals surface area contributed by atoms with E-state index in [0.717, 1.165) is 68.0 Å². The van der Waals surface area contributed by atoms with Crippen LogP contribution in [-0.4, -0.2) is 17.0 Å². The third-order valence-electron chi connectivity index (χ3n) is 7.90. The SMILES string of the molecule is CN1c2ccccc2N(c2ccncc2-c2cnccc2N2c3ccccc3Nc3ccccc32)c2ccccc21. The van der Waals surface area contributed by atoms with Crippen molar-refractivity contribution in [3.05, 3.63) is 134 Å². The van der Waals surface area contributed by atoms with Gasteiger partial charge >= 0.3 is 0 Å². The predicted octanol–water partition coefficient (Wildman–Crippen LogP) is 9.22. The Kier molecular flexibility index (Phi) is 5.25. The zero-order chi connectivity index (χ0) is 27.3. The number of anilines is 10. The number of para-hydroxylation sites is 8. The van der Waals surface area contributed by atoms with Gasteiger partial charge in [0.2, 0.25) is 0 Å². The highest BCUT2D eigenvalue weighted by Gasteiger charge is 2.31. The Morgan fingerprint density at radius 2 is 0.829 bits per heavy atom. The van der Waals surface area contributed by atoms with Gasteiger partial charge in [-0.1, -0.05) is 48.5 Å². The summed E-state index contributed by atoms with van der Waals surface area (Å²) in [7, 11) is 2.13. The molecule has 0 amide bonds. The van der Waals surface area contributed by atoms with E-state index in [0.29, 0.717) is 0 Å². The van der Waals surface area contributed by atoms with Crippen molar-refractivity contribution in [3.8, 4) is 11.1 Å². The highest BCUT2D eigenvalue weighted by atomic mass is 15.3. The summed E-state index contributed by atoms with van der Waals surface area (Å²) in [6.07, 6.45) is 7.65. The molecule has 0 fully saturated rings. The normalized spacial score (nSPS) is 13.0. The van der Waals surface area contributed by atoms with Crippen LogP contribution in [0.2, 0.25) is 0 Å². The molecule has 196 valence electrons. The van der Waals surface area contributed by atoms with E-state index >= 15 is 0 Å². The van der Waals surface area contributed by atoms with Crippen LogP contribution < -0.4 is 20.0 Å². The second kappa shape index (κ2) is 9.24. The van der Waals surface area contributed by atoms with Crippen molar-refractivity contribution in [1.82, 2.24) is 9.97 Å². The summed E-state index contributed by atoms with van der Waals surface area (Å²) in [6, 6.07) is 38.1. The van der Waals surface area contributed by atoms with Crippen LogP contribution in [0, 0.1) is 0 Å². The first-order chi connectivity index (χ1) is 20.3. The molecule has 0 saturated carbocycles. The minimum Gasteiger partial charge on any atom is -0.352 e. The molecule has 2 aliphatic rings. The first-order valence-electron chi connectivity index (χ1n) is 13.6. The third kappa shape index (κ3) is 3.58. The second-order valence-corrected chi connectivity index (χ2v) is 10.2. The standard InChI is InChI=1S/C35H26N6/c1-39-32-14-6-8-16-34(32)41(35-17-9-7-15-33(35)39)29-19-21-37-23-25(29)24-22-36-20-18-28(24)40-30-12-4-2-10-26(30)38-27-11-3-5-13-31(27)40/h2-23,38H,1H3. The van der Waals surface area contributed by atoms with Gasteiger partial charge in [-0.05, 0) is 60.7 Å². The van der Waals surface area contributed by atoms with Crippen LogP contribution in [0.15, 0.2) is 134 Å². The molecule has 6 aromatic rings. The second-order valence-electron chi connectivity index (χ2n) is 10.2. The molecule has 2 aliphatic heterocycles. The minimum absolute atomic E-state index is 0.996. The largest absolute Gasteiger partial charge is 0.352 e. The third-order valence-corrected chi connectivity index (χ3v) is 7.90. The van der Waals surface area contributed by atoms with Crippen LogP contribution in [0.3, 0.4) is 0 Å². The zero-order valence-corrected chi connectivity index (χ0v) is 22.4. The highest BCUT2D eigenvalue weighted by molar-refractivity contribution is 6.04. The molecule has 2 aromatic heterocycles. The fourth-order valence-electron chi connectivity index (χ4n) is 6.06. The number of hydrogen-bond donors (Lipinski definition) is 1. The molecule has 4 aromatic carbocycles. The molecular formula is C35H26N6. The summed E-state index contributed by atoms with van der Waals surface area (Å²) < 4.78 is 0. The van der Waals surface area contributed by atoms with E-state index in [4.69, 9.17) is 0 Å². The lowest BCUT2D eigenvalue weighted by atomic mass is 10.00. The number of nitrogens with zero attached hydrogens (tertiary/aromatic N) is 5. The Morgan fingerprint density at radius 1 is 0.439 bits per heavy atom. The minimum atomic E-state index is 0.996. The van der Waals surface area contributed by atoms with Gasteiger partial charge in [-0.2, -0.15) is 0 Å². The van der Waals surface area contributed by atoms with E-state index in [1.165, 1.54) is 0 Å². The topological polar surface area (TPSA) is 47.5 Å². The number of rotatable bonds is 3. The predicted molar refractivity (Wildman–Crippen MR) is 168 cm³/mol. The van der Waals surface area contributed by atoms with Crippen LogP contribution in [0.1, 0.15) is 0 Å². The maximum Gasteiger partial charge on any atom is 0.0699 e. The first-order valence-corrected chi connectivity index (χ1v) is 13.6. The van der Waals surface area contributed by atoms with Gasteiger partial charge in [-0.3, -0.25) is 9.97 Å². The lowest BCUT2D eigenvalue weighted by molar-refractivity contribution is 1.12. The van der Waals surface area contributed by atoms with E-state index in [1.807, 2.05) is 24.8 Å². The molecule has 0 saturated heterocycles. The van der Waals surface area contributed by atoms with Crippen molar-refractivity contribution in [3.63, 3.8) is 0 Å². The van der Waals surface area contributed by atoms with E-state index in [2.05, 4.69) is 146 Å². The van der Waals surface area contributed by atoms with Crippen LogP contribution in [-0.2, 0) is 0 Å². The summed E-state index contributed by atoms with van der Waals surface area (Å²) in [6.45, 7) is 0. The van der Waals surface area contributed by atoms with Gasteiger partial charge < -0.3 is 20.0 Å². The lowest BCUT2D eigenvalue weighted by Crippen LogP contribution is -2.24. The molecule has 0 unspecified atom stereocenters. The van der Waals surface area contributed by atoms with Gasteiger partial charge in [0.1, 0.15) is 0 Å². The average molecular weight is 531 g/mol. The lowest BCUT2D eigenvalue weighted by Gasteiger charge is -2.39. The van der Waals surface area contributed by atoms with Crippen molar-refractivity contribution in [2.24, 2.45) is 0 Å². The number of fused-ring (bicyclic) bond motifs is 4. The number of aromatic nitrogens is 2. The van der Waals surface area contributed by atoms with Crippen LogP contribution >= 0.6 is 0 Å². The molecule has 0 spiro atoms. The van der Waals surface area contributed by atoms with Crippen molar-refractivity contribution in [2.75, 3.05) is 27.1 Å². The molecule has 0 radical (unpaired) electrons. The van der Waals surface area contributed by atoms with Crippen LogP contribution in [0.5, 0.6) is 0 Å². The molecule has 0 aliphatic carbocycles. The van der Waals surface area contributed by atoms with E-state index in [1.54, 1.807) is 0 Å². The summed E-state index contributed by atoms with van der Waals surface area (Å²) >= 11 is 0. The summed E-state index contributed by atoms with van der Waals surface area (Å²) in [4.78, 5) is 16.2. The fraction of sp³-hybridized carbons (Fsp3) is 0.0286. The summed E-state index contributed by atoms with van der Waals surface area (Å²) in [5.41, 5.74) is 12.9. The molecular weight excluding hydrogens is 504 g/mol. The fourth-order valence-corrected chi connectivity index (χ4v) is 6.06. The Labute approximate surface area is 238 Å². The smallest absolute Gasteiger partial charge is 0.0699 e. The van der Waals surface area contributed by atoms with Crippen LogP contribution in [0.4, 0.5) is 56.9 Å².